The van der Waals surface area contributed by atoms with Gasteiger partial charge >= 0.3 is 0 Å². The van der Waals surface area contributed by atoms with Gasteiger partial charge in [0.25, 0.3) is 0 Å². The zero-order valence-electron chi connectivity index (χ0n) is 11.8. The van der Waals surface area contributed by atoms with Crippen molar-refractivity contribution in [2.75, 3.05) is 7.05 Å². The van der Waals surface area contributed by atoms with Crippen molar-refractivity contribution >= 4 is 27.3 Å². The average molecular weight is 342 g/mol. The summed E-state index contributed by atoms with van der Waals surface area (Å²) in [6.07, 6.45) is 1.90. The molecule has 0 saturated heterocycles. The molecule has 2 heterocycles. The molecule has 2 aromatic rings. The van der Waals surface area contributed by atoms with E-state index in [1.165, 1.54) is 16.8 Å². The lowest BCUT2D eigenvalue weighted by Gasteiger charge is -2.17. The maximum atomic E-state index is 4.56. The van der Waals surface area contributed by atoms with Crippen molar-refractivity contribution in [1.29, 1.82) is 0 Å². The van der Waals surface area contributed by atoms with E-state index in [2.05, 4.69) is 51.0 Å². The van der Waals surface area contributed by atoms with Crippen LogP contribution in [0.3, 0.4) is 0 Å². The Labute approximate surface area is 127 Å². The van der Waals surface area contributed by atoms with Gasteiger partial charge in [-0.2, -0.15) is 16.4 Å². The van der Waals surface area contributed by atoms with Crippen molar-refractivity contribution in [1.82, 2.24) is 15.1 Å². The van der Waals surface area contributed by atoms with Crippen LogP contribution in [0.1, 0.15) is 35.5 Å². The summed E-state index contributed by atoms with van der Waals surface area (Å²) in [6, 6.07) is 0.336. The number of thiophene rings is 1. The molecule has 0 aliphatic rings. The fourth-order valence-electron chi connectivity index (χ4n) is 2.33. The van der Waals surface area contributed by atoms with E-state index in [9.17, 15) is 0 Å². The van der Waals surface area contributed by atoms with E-state index in [1.807, 2.05) is 18.8 Å². The Morgan fingerprint density at radius 3 is 2.68 bits per heavy atom. The van der Waals surface area contributed by atoms with Crippen LogP contribution in [0.2, 0.25) is 0 Å². The molecule has 0 aromatic carbocycles. The zero-order valence-corrected chi connectivity index (χ0v) is 14.2. The maximum Gasteiger partial charge on any atom is 0.0766 e. The SMILES string of the molecule is CCc1nn(C)c(CC(NC)c2cscc2C)c1Br. The van der Waals surface area contributed by atoms with E-state index >= 15 is 0 Å². The molecule has 0 bridgehead atoms. The summed E-state index contributed by atoms with van der Waals surface area (Å²) in [4.78, 5) is 0. The molecule has 3 nitrogen and oxygen atoms in total. The third-order valence-corrected chi connectivity index (χ3v) is 5.31. The first-order chi connectivity index (χ1) is 9.08. The predicted octanol–water partition coefficient (Wildman–Crippen LogP) is 3.62. The number of aromatic nitrogens is 2. The molecule has 0 aliphatic heterocycles. The average Bonchev–Trinajstić information content (AvgIpc) is 2.93. The van der Waals surface area contributed by atoms with Gasteiger partial charge in [-0.15, -0.1) is 0 Å². The summed E-state index contributed by atoms with van der Waals surface area (Å²) in [5, 5.41) is 12.4. The summed E-state index contributed by atoms with van der Waals surface area (Å²) in [5.41, 5.74) is 5.13. The Bertz CT molecular complexity index is 559. The molecule has 0 amide bonds. The largest absolute Gasteiger partial charge is 0.313 e. The van der Waals surface area contributed by atoms with Crippen molar-refractivity contribution in [3.63, 3.8) is 0 Å². The molecule has 5 heteroatoms. The number of hydrogen-bond donors (Lipinski definition) is 1. The lowest BCUT2D eigenvalue weighted by Crippen LogP contribution is -2.20. The van der Waals surface area contributed by atoms with E-state index < -0.39 is 0 Å². The molecule has 1 N–H and O–H groups in total. The quantitative estimate of drug-likeness (QED) is 0.899. The van der Waals surface area contributed by atoms with Crippen LogP contribution < -0.4 is 5.32 Å². The Balaban J connectivity index is 2.29. The molecule has 104 valence electrons. The van der Waals surface area contributed by atoms with Crippen LogP contribution >= 0.6 is 27.3 Å². The second-order valence-corrected chi connectivity index (χ2v) is 6.28. The second kappa shape index (κ2) is 6.20. The first-order valence-electron chi connectivity index (χ1n) is 6.48. The van der Waals surface area contributed by atoms with Crippen LogP contribution in [0.4, 0.5) is 0 Å². The van der Waals surface area contributed by atoms with E-state index in [-0.39, 0.29) is 0 Å². The normalized spacial score (nSPS) is 12.9. The van der Waals surface area contributed by atoms with Gasteiger partial charge in [0.2, 0.25) is 0 Å². The first kappa shape index (κ1) is 14.8. The van der Waals surface area contributed by atoms with Crippen molar-refractivity contribution in [2.45, 2.75) is 32.7 Å². The number of rotatable bonds is 5. The van der Waals surface area contributed by atoms with Gasteiger partial charge in [0.15, 0.2) is 0 Å². The number of halogens is 1. The highest BCUT2D eigenvalue weighted by atomic mass is 79.9. The van der Waals surface area contributed by atoms with Gasteiger partial charge < -0.3 is 5.32 Å². The summed E-state index contributed by atoms with van der Waals surface area (Å²) in [5.74, 6) is 0. The summed E-state index contributed by atoms with van der Waals surface area (Å²) < 4.78 is 3.15. The molecule has 0 spiro atoms. The molecule has 2 rings (SSSR count). The van der Waals surface area contributed by atoms with Gasteiger partial charge in [0, 0.05) is 19.5 Å². The number of nitrogens with one attached hydrogen (secondary N) is 1. The first-order valence-corrected chi connectivity index (χ1v) is 8.22. The highest BCUT2D eigenvalue weighted by molar-refractivity contribution is 9.10. The number of nitrogens with zero attached hydrogens (tertiary/aromatic N) is 2. The molecule has 1 atom stereocenters. The van der Waals surface area contributed by atoms with E-state index in [1.54, 1.807) is 11.3 Å². The van der Waals surface area contributed by atoms with Crippen LogP contribution in [0, 0.1) is 6.92 Å². The maximum absolute atomic E-state index is 4.56. The van der Waals surface area contributed by atoms with Gasteiger partial charge in [-0.05, 0) is 58.2 Å². The Morgan fingerprint density at radius 2 is 2.21 bits per heavy atom. The van der Waals surface area contributed by atoms with Crippen LogP contribution in [0.15, 0.2) is 15.2 Å². The summed E-state index contributed by atoms with van der Waals surface area (Å²) in [7, 11) is 4.04. The topological polar surface area (TPSA) is 29.9 Å². The monoisotopic (exact) mass is 341 g/mol. The van der Waals surface area contributed by atoms with Crippen molar-refractivity contribution < 1.29 is 0 Å². The molecule has 0 fully saturated rings. The third kappa shape index (κ3) is 2.93. The fraction of sp³-hybridized carbons (Fsp3) is 0.500. The third-order valence-electron chi connectivity index (χ3n) is 3.52. The van der Waals surface area contributed by atoms with Gasteiger partial charge in [-0.3, -0.25) is 4.68 Å². The van der Waals surface area contributed by atoms with Crippen LogP contribution in [-0.2, 0) is 19.9 Å². The van der Waals surface area contributed by atoms with Gasteiger partial charge in [0.1, 0.15) is 0 Å². The Kier molecular flexibility index (Phi) is 4.81. The fourth-order valence-corrected chi connectivity index (χ4v) is 4.01. The summed E-state index contributed by atoms with van der Waals surface area (Å²) in [6.45, 7) is 4.31. The molecule has 1 unspecified atom stereocenters. The molecular formula is C14H20BrN3S. The predicted molar refractivity (Wildman–Crippen MR) is 84.8 cm³/mol. The second-order valence-electron chi connectivity index (χ2n) is 4.74. The Morgan fingerprint density at radius 1 is 1.47 bits per heavy atom. The number of aryl methyl sites for hydroxylation is 3. The van der Waals surface area contributed by atoms with Crippen molar-refractivity contribution in [3.8, 4) is 0 Å². The smallest absolute Gasteiger partial charge is 0.0766 e. The minimum atomic E-state index is 0.336. The number of likely N-dealkylation sites (N-methyl/N-ethyl adjacent to an activating group) is 1. The Hall–Kier alpha value is -0.650. The molecular weight excluding hydrogens is 322 g/mol. The number of hydrogen-bond acceptors (Lipinski definition) is 3. The highest BCUT2D eigenvalue weighted by Gasteiger charge is 2.19. The molecule has 0 aliphatic carbocycles. The molecule has 2 aromatic heterocycles. The zero-order chi connectivity index (χ0) is 14.0. The van der Waals surface area contributed by atoms with E-state index in [0.717, 1.165) is 23.0 Å². The summed E-state index contributed by atoms with van der Waals surface area (Å²) >= 11 is 5.46. The van der Waals surface area contributed by atoms with Gasteiger partial charge in [-0.1, -0.05) is 6.92 Å². The van der Waals surface area contributed by atoms with Crippen LogP contribution in [0.25, 0.3) is 0 Å². The van der Waals surface area contributed by atoms with Gasteiger partial charge in [-0.25, -0.2) is 0 Å². The van der Waals surface area contributed by atoms with Crippen LogP contribution in [0.5, 0.6) is 0 Å². The van der Waals surface area contributed by atoms with Gasteiger partial charge in [0.05, 0.1) is 15.9 Å². The molecule has 0 radical (unpaired) electrons. The molecule has 19 heavy (non-hydrogen) atoms. The minimum Gasteiger partial charge on any atom is -0.313 e. The van der Waals surface area contributed by atoms with Crippen molar-refractivity contribution in [3.05, 3.63) is 37.7 Å². The standard InChI is InChI=1S/C14H20BrN3S/c1-5-11-14(15)13(18(4)17-11)6-12(16-3)10-8-19-7-9(10)2/h7-8,12,16H,5-6H2,1-4H3. The molecule has 0 saturated carbocycles. The van der Waals surface area contributed by atoms with E-state index in [0.29, 0.717) is 6.04 Å². The lowest BCUT2D eigenvalue weighted by molar-refractivity contribution is 0.559. The van der Waals surface area contributed by atoms with E-state index in [4.69, 9.17) is 0 Å². The van der Waals surface area contributed by atoms with Crippen LogP contribution in [-0.4, -0.2) is 16.8 Å². The highest BCUT2D eigenvalue weighted by Crippen LogP contribution is 2.29. The lowest BCUT2D eigenvalue weighted by atomic mass is 10.0. The van der Waals surface area contributed by atoms with Crippen molar-refractivity contribution in [2.24, 2.45) is 7.05 Å². The minimum absolute atomic E-state index is 0.336.